The van der Waals surface area contributed by atoms with Crippen LogP contribution >= 0.6 is 11.3 Å². The zero-order valence-corrected chi connectivity index (χ0v) is 11.6. The van der Waals surface area contributed by atoms with Gasteiger partial charge in [-0.05, 0) is 19.5 Å². The number of nitrogens with zero attached hydrogens (tertiary/aromatic N) is 2. The van der Waals surface area contributed by atoms with Gasteiger partial charge < -0.3 is 10.1 Å². The summed E-state index contributed by atoms with van der Waals surface area (Å²) >= 11 is 1.58. The number of aromatic nitrogens is 2. The molecule has 0 saturated carbocycles. The van der Waals surface area contributed by atoms with Crippen molar-refractivity contribution in [1.29, 1.82) is 0 Å². The van der Waals surface area contributed by atoms with E-state index in [-0.39, 0.29) is 12.1 Å². The molecule has 0 radical (unpaired) electrons. The molecule has 0 amide bonds. The number of rotatable bonds is 5. The van der Waals surface area contributed by atoms with Gasteiger partial charge in [0.25, 0.3) is 0 Å². The molecule has 96 valence electrons. The molecule has 5 heteroatoms. The van der Waals surface area contributed by atoms with E-state index in [4.69, 9.17) is 4.74 Å². The van der Waals surface area contributed by atoms with Crippen LogP contribution < -0.4 is 5.32 Å². The lowest BCUT2D eigenvalue weighted by Crippen LogP contribution is -2.11. The molecule has 0 aliphatic heterocycles. The Morgan fingerprint density at radius 1 is 1.17 bits per heavy atom. The average molecular weight is 263 g/mol. The molecule has 0 bridgehead atoms. The highest BCUT2D eigenvalue weighted by atomic mass is 32.1. The fourth-order valence-corrected chi connectivity index (χ4v) is 2.67. The van der Waals surface area contributed by atoms with Crippen LogP contribution in [0.15, 0.2) is 30.3 Å². The predicted molar refractivity (Wildman–Crippen MR) is 72.7 cm³/mol. The van der Waals surface area contributed by atoms with Gasteiger partial charge in [0.15, 0.2) is 5.01 Å². The molecule has 1 aromatic heterocycles. The minimum atomic E-state index is -0.137. The van der Waals surface area contributed by atoms with Crippen LogP contribution in [0.25, 0.3) is 0 Å². The summed E-state index contributed by atoms with van der Waals surface area (Å²) in [4.78, 5) is 0. The van der Waals surface area contributed by atoms with Crippen molar-refractivity contribution in [2.75, 3.05) is 14.2 Å². The molecule has 2 atom stereocenters. The second-order valence-corrected chi connectivity index (χ2v) is 5.06. The molecule has 18 heavy (non-hydrogen) atoms. The molecular formula is C13H17N3OS. The Morgan fingerprint density at radius 2 is 1.83 bits per heavy atom. The number of benzene rings is 1. The van der Waals surface area contributed by atoms with Crippen LogP contribution in [0.3, 0.4) is 0 Å². The van der Waals surface area contributed by atoms with E-state index >= 15 is 0 Å². The van der Waals surface area contributed by atoms with Crippen molar-refractivity contribution in [3.8, 4) is 0 Å². The molecule has 1 aromatic carbocycles. The summed E-state index contributed by atoms with van der Waals surface area (Å²) in [6.07, 6.45) is -0.137. The Hall–Kier alpha value is -1.30. The molecule has 0 spiro atoms. The number of methoxy groups -OCH3 is 1. The standard InChI is InChI=1S/C13H17N3OS/c1-9(14-2)12-15-16-13(18-12)11(17-3)10-7-5-4-6-8-10/h4-9,11,14H,1-3H3. The quantitative estimate of drug-likeness (QED) is 0.900. The second-order valence-electron chi connectivity index (χ2n) is 4.02. The molecule has 0 saturated heterocycles. The molecule has 4 nitrogen and oxygen atoms in total. The Kier molecular flexibility index (Phi) is 4.41. The number of hydrogen-bond donors (Lipinski definition) is 1. The lowest BCUT2D eigenvalue weighted by atomic mass is 10.1. The third-order valence-corrected chi connectivity index (χ3v) is 3.97. The maximum atomic E-state index is 5.54. The van der Waals surface area contributed by atoms with Crippen molar-refractivity contribution in [2.45, 2.75) is 19.1 Å². The van der Waals surface area contributed by atoms with Crippen molar-refractivity contribution >= 4 is 11.3 Å². The van der Waals surface area contributed by atoms with Crippen LogP contribution in [-0.4, -0.2) is 24.4 Å². The van der Waals surface area contributed by atoms with E-state index in [0.29, 0.717) is 0 Å². The molecule has 2 aromatic rings. The molecule has 2 unspecified atom stereocenters. The predicted octanol–water partition coefficient (Wildman–Crippen LogP) is 2.55. The molecule has 1 N–H and O–H groups in total. The third-order valence-electron chi connectivity index (χ3n) is 2.82. The van der Waals surface area contributed by atoms with E-state index in [1.807, 2.05) is 37.4 Å². The van der Waals surface area contributed by atoms with Gasteiger partial charge in [0.2, 0.25) is 0 Å². The van der Waals surface area contributed by atoms with Crippen molar-refractivity contribution in [1.82, 2.24) is 15.5 Å². The lowest BCUT2D eigenvalue weighted by Gasteiger charge is -2.11. The van der Waals surface area contributed by atoms with Gasteiger partial charge in [-0.2, -0.15) is 0 Å². The lowest BCUT2D eigenvalue weighted by molar-refractivity contribution is 0.135. The summed E-state index contributed by atoms with van der Waals surface area (Å²) in [5, 5.41) is 13.5. The molecule has 2 rings (SSSR count). The SMILES string of the molecule is CNC(C)c1nnc(C(OC)c2ccccc2)s1. The fraction of sp³-hybridized carbons (Fsp3) is 0.385. The van der Waals surface area contributed by atoms with Crippen LogP contribution in [0, 0.1) is 0 Å². The van der Waals surface area contributed by atoms with Crippen molar-refractivity contribution < 1.29 is 4.74 Å². The minimum Gasteiger partial charge on any atom is -0.369 e. The first-order valence-electron chi connectivity index (χ1n) is 5.84. The zero-order chi connectivity index (χ0) is 13.0. The monoisotopic (exact) mass is 263 g/mol. The van der Waals surface area contributed by atoms with Gasteiger partial charge in [0.1, 0.15) is 11.1 Å². The maximum Gasteiger partial charge on any atom is 0.151 e. The van der Waals surface area contributed by atoms with Gasteiger partial charge in [-0.15, -0.1) is 10.2 Å². The molecule has 0 fully saturated rings. The summed E-state index contributed by atoms with van der Waals surface area (Å²) in [5.74, 6) is 0. The van der Waals surface area contributed by atoms with E-state index in [0.717, 1.165) is 15.6 Å². The Labute approximate surface area is 111 Å². The van der Waals surface area contributed by atoms with Crippen LogP contribution in [0.5, 0.6) is 0 Å². The number of nitrogens with one attached hydrogen (secondary N) is 1. The van der Waals surface area contributed by atoms with Gasteiger partial charge in [0, 0.05) is 7.11 Å². The highest BCUT2D eigenvalue weighted by Crippen LogP contribution is 2.29. The fourth-order valence-electron chi connectivity index (χ4n) is 1.66. The molecule has 0 aliphatic rings. The molecule has 1 heterocycles. The van der Waals surface area contributed by atoms with Gasteiger partial charge in [0.05, 0.1) is 6.04 Å². The van der Waals surface area contributed by atoms with E-state index in [1.165, 1.54) is 0 Å². The van der Waals surface area contributed by atoms with Crippen molar-refractivity contribution in [3.05, 3.63) is 45.9 Å². The van der Waals surface area contributed by atoms with Gasteiger partial charge in [-0.3, -0.25) is 0 Å². The Balaban J connectivity index is 2.26. The largest absolute Gasteiger partial charge is 0.369 e. The van der Waals surface area contributed by atoms with E-state index in [2.05, 4.69) is 22.4 Å². The first kappa shape index (κ1) is 13.1. The smallest absolute Gasteiger partial charge is 0.151 e. The first-order chi connectivity index (χ1) is 8.76. The Bertz CT molecular complexity index is 486. The van der Waals surface area contributed by atoms with E-state index < -0.39 is 0 Å². The topological polar surface area (TPSA) is 47.0 Å². The highest BCUT2D eigenvalue weighted by molar-refractivity contribution is 7.11. The molecular weight excluding hydrogens is 246 g/mol. The Morgan fingerprint density at radius 3 is 2.44 bits per heavy atom. The summed E-state index contributed by atoms with van der Waals surface area (Å²) in [6, 6.07) is 10.3. The van der Waals surface area contributed by atoms with E-state index in [1.54, 1.807) is 18.4 Å². The normalized spacial score (nSPS) is 14.4. The van der Waals surface area contributed by atoms with E-state index in [9.17, 15) is 0 Å². The summed E-state index contributed by atoms with van der Waals surface area (Å²) < 4.78 is 5.54. The van der Waals surface area contributed by atoms with Crippen LogP contribution in [-0.2, 0) is 4.74 Å². The van der Waals surface area contributed by atoms with Gasteiger partial charge >= 0.3 is 0 Å². The highest BCUT2D eigenvalue weighted by Gasteiger charge is 2.19. The zero-order valence-electron chi connectivity index (χ0n) is 10.8. The average Bonchev–Trinajstić information content (AvgIpc) is 2.89. The van der Waals surface area contributed by atoms with Crippen LogP contribution in [0.4, 0.5) is 0 Å². The van der Waals surface area contributed by atoms with Crippen molar-refractivity contribution in [2.24, 2.45) is 0 Å². The molecule has 0 aliphatic carbocycles. The number of ether oxygens (including phenoxy) is 1. The maximum absolute atomic E-state index is 5.54. The van der Waals surface area contributed by atoms with Crippen molar-refractivity contribution in [3.63, 3.8) is 0 Å². The number of hydrogen-bond acceptors (Lipinski definition) is 5. The summed E-state index contributed by atoms with van der Waals surface area (Å²) in [5.41, 5.74) is 1.10. The first-order valence-corrected chi connectivity index (χ1v) is 6.66. The van der Waals surface area contributed by atoms with Crippen LogP contribution in [0.2, 0.25) is 0 Å². The minimum absolute atomic E-state index is 0.137. The van der Waals surface area contributed by atoms with Crippen LogP contribution in [0.1, 0.15) is 34.6 Å². The summed E-state index contributed by atoms with van der Waals surface area (Å²) in [7, 11) is 3.61. The second kappa shape index (κ2) is 6.04. The third kappa shape index (κ3) is 2.75. The van der Waals surface area contributed by atoms with Gasteiger partial charge in [-0.25, -0.2) is 0 Å². The summed E-state index contributed by atoms with van der Waals surface area (Å²) in [6.45, 7) is 2.06. The van der Waals surface area contributed by atoms with Gasteiger partial charge in [-0.1, -0.05) is 41.7 Å².